The Hall–Kier alpha value is -1.08. The van der Waals surface area contributed by atoms with Gasteiger partial charge in [-0.2, -0.15) is 0 Å². The standard InChI is InChI=1S/C4H2N4OS2/c1-3(10-7-5-1)9-4-2-6-8-11-4/h1-2H. The first kappa shape index (κ1) is 6.62. The molecule has 0 aliphatic rings. The molecule has 0 spiro atoms. The molecule has 0 aliphatic carbocycles. The second-order valence-electron chi connectivity index (χ2n) is 1.58. The smallest absolute Gasteiger partial charge is 0.221 e. The predicted molar refractivity (Wildman–Crippen MR) is 39.9 cm³/mol. The maximum atomic E-state index is 5.25. The van der Waals surface area contributed by atoms with E-state index >= 15 is 0 Å². The molecule has 11 heavy (non-hydrogen) atoms. The molecule has 0 aromatic carbocycles. The summed E-state index contributed by atoms with van der Waals surface area (Å²) < 4.78 is 12.5. The molecule has 0 bridgehead atoms. The molecule has 5 nitrogen and oxygen atoms in total. The minimum absolute atomic E-state index is 0.649. The van der Waals surface area contributed by atoms with Crippen LogP contribution >= 0.6 is 23.1 Å². The molecular weight excluding hydrogens is 184 g/mol. The lowest BCUT2D eigenvalue weighted by Crippen LogP contribution is -1.73. The number of ether oxygens (including phenoxy) is 1. The van der Waals surface area contributed by atoms with E-state index in [1.807, 2.05) is 0 Å². The Morgan fingerprint density at radius 1 is 1.00 bits per heavy atom. The fraction of sp³-hybridized carbons (Fsp3) is 0. The van der Waals surface area contributed by atoms with Crippen molar-refractivity contribution in [3.63, 3.8) is 0 Å². The van der Waals surface area contributed by atoms with Gasteiger partial charge in [0.1, 0.15) is 12.4 Å². The normalized spacial score (nSPS) is 9.82. The Labute approximate surface area is 70.0 Å². The van der Waals surface area contributed by atoms with E-state index in [4.69, 9.17) is 4.74 Å². The third-order valence-electron chi connectivity index (χ3n) is 0.883. The SMILES string of the molecule is c1nnsc1Oc1cnns1. The van der Waals surface area contributed by atoms with Gasteiger partial charge in [0.15, 0.2) is 0 Å². The summed E-state index contributed by atoms with van der Waals surface area (Å²) in [6.45, 7) is 0. The van der Waals surface area contributed by atoms with Crippen LogP contribution in [-0.2, 0) is 0 Å². The van der Waals surface area contributed by atoms with Gasteiger partial charge in [-0.1, -0.05) is 8.98 Å². The molecule has 0 fully saturated rings. The average Bonchev–Trinajstić information content (AvgIpc) is 2.60. The fourth-order valence-corrected chi connectivity index (χ4v) is 1.35. The van der Waals surface area contributed by atoms with E-state index in [0.29, 0.717) is 10.1 Å². The number of hydrogen-bond donors (Lipinski definition) is 0. The zero-order valence-electron chi connectivity index (χ0n) is 5.17. The summed E-state index contributed by atoms with van der Waals surface area (Å²) in [6.07, 6.45) is 3.09. The van der Waals surface area contributed by atoms with Crippen LogP contribution in [0.15, 0.2) is 12.4 Å². The second kappa shape index (κ2) is 2.89. The first-order valence-electron chi connectivity index (χ1n) is 2.68. The third kappa shape index (κ3) is 1.49. The monoisotopic (exact) mass is 186 g/mol. The Kier molecular flexibility index (Phi) is 1.74. The molecule has 0 saturated carbocycles. The van der Waals surface area contributed by atoms with Crippen LogP contribution in [0.3, 0.4) is 0 Å². The van der Waals surface area contributed by atoms with Crippen molar-refractivity contribution in [2.45, 2.75) is 0 Å². The maximum Gasteiger partial charge on any atom is 0.221 e. The lowest BCUT2D eigenvalue weighted by Gasteiger charge is -1.91. The van der Waals surface area contributed by atoms with Crippen molar-refractivity contribution in [2.75, 3.05) is 0 Å². The van der Waals surface area contributed by atoms with Gasteiger partial charge < -0.3 is 4.74 Å². The van der Waals surface area contributed by atoms with E-state index in [9.17, 15) is 0 Å². The molecule has 2 aromatic rings. The molecule has 0 unspecified atom stereocenters. The van der Waals surface area contributed by atoms with Gasteiger partial charge in [0.25, 0.3) is 0 Å². The minimum Gasteiger partial charge on any atom is -0.429 e. The van der Waals surface area contributed by atoms with Crippen molar-refractivity contribution in [2.24, 2.45) is 0 Å². The van der Waals surface area contributed by atoms with Crippen molar-refractivity contribution in [1.29, 1.82) is 0 Å². The van der Waals surface area contributed by atoms with Crippen molar-refractivity contribution < 1.29 is 4.74 Å². The highest BCUT2D eigenvalue weighted by Crippen LogP contribution is 2.24. The molecule has 0 radical (unpaired) electrons. The highest BCUT2D eigenvalue weighted by Gasteiger charge is 2.00. The zero-order chi connectivity index (χ0) is 7.52. The molecule has 0 atom stereocenters. The molecule has 2 heterocycles. The summed E-state index contributed by atoms with van der Waals surface area (Å²) in [7, 11) is 0. The van der Waals surface area contributed by atoms with Crippen LogP contribution in [0.5, 0.6) is 10.1 Å². The summed E-state index contributed by atoms with van der Waals surface area (Å²) in [6, 6.07) is 0. The number of hydrogen-bond acceptors (Lipinski definition) is 7. The summed E-state index contributed by atoms with van der Waals surface area (Å²) in [5.74, 6) is 0. The summed E-state index contributed by atoms with van der Waals surface area (Å²) in [4.78, 5) is 0. The van der Waals surface area contributed by atoms with Gasteiger partial charge in [0, 0.05) is 23.1 Å². The number of rotatable bonds is 2. The van der Waals surface area contributed by atoms with Crippen molar-refractivity contribution in [3.8, 4) is 10.1 Å². The Morgan fingerprint density at radius 3 is 1.91 bits per heavy atom. The largest absolute Gasteiger partial charge is 0.429 e. The molecule has 2 rings (SSSR count). The van der Waals surface area contributed by atoms with E-state index in [1.165, 1.54) is 23.1 Å². The summed E-state index contributed by atoms with van der Waals surface area (Å²) in [5.41, 5.74) is 0. The van der Waals surface area contributed by atoms with Crippen molar-refractivity contribution in [3.05, 3.63) is 12.4 Å². The molecule has 0 saturated heterocycles. The predicted octanol–water partition coefficient (Wildman–Crippen LogP) is 1.18. The maximum absolute atomic E-state index is 5.25. The molecule has 0 aliphatic heterocycles. The van der Waals surface area contributed by atoms with Gasteiger partial charge in [-0.05, 0) is 0 Å². The van der Waals surface area contributed by atoms with Crippen LogP contribution in [0.4, 0.5) is 0 Å². The van der Waals surface area contributed by atoms with E-state index in [-0.39, 0.29) is 0 Å². The van der Waals surface area contributed by atoms with Gasteiger partial charge in [0.2, 0.25) is 10.1 Å². The van der Waals surface area contributed by atoms with E-state index in [2.05, 4.69) is 19.2 Å². The van der Waals surface area contributed by atoms with E-state index in [0.717, 1.165) is 0 Å². The molecule has 0 N–H and O–H groups in total. The lowest BCUT2D eigenvalue weighted by atomic mass is 10.9. The Bertz CT molecular complexity index is 272. The van der Waals surface area contributed by atoms with Crippen LogP contribution in [-0.4, -0.2) is 19.2 Å². The van der Waals surface area contributed by atoms with Crippen molar-refractivity contribution >= 4 is 23.1 Å². The highest BCUT2D eigenvalue weighted by atomic mass is 32.1. The first-order chi connectivity index (χ1) is 5.45. The number of nitrogens with zero attached hydrogens (tertiary/aromatic N) is 4. The Morgan fingerprint density at radius 2 is 1.55 bits per heavy atom. The van der Waals surface area contributed by atoms with Gasteiger partial charge in [-0.15, -0.1) is 10.2 Å². The van der Waals surface area contributed by atoms with Gasteiger partial charge >= 0.3 is 0 Å². The molecule has 7 heteroatoms. The third-order valence-corrected chi connectivity index (χ3v) is 1.97. The van der Waals surface area contributed by atoms with Gasteiger partial charge in [-0.3, -0.25) is 0 Å². The van der Waals surface area contributed by atoms with E-state index in [1.54, 1.807) is 12.4 Å². The van der Waals surface area contributed by atoms with Crippen LogP contribution in [0.1, 0.15) is 0 Å². The summed E-state index contributed by atoms with van der Waals surface area (Å²) >= 11 is 2.38. The molecular formula is C4H2N4OS2. The lowest BCUT2D eigenvalue weighted by molar-refractivity contribution is 0.508. The van der Waals surface area contributed by atoms with Crippen LogP contribution in [0.2, 0.25) is 0 Å². The second-order valence-corrected chi connectivity index (χ2v) is 3.07. The van der Waals surface area contributed by atoms with Gasteiger partial charge in [0.05, 0.1) is 0 Å². The molecule has 0 amide bonds. The van der Waals surface area contributed by atoms with Crippen LogP contribution in [0.25, 0.3) is 0 Å². The molecule has 2 aromatic heterocycles. The zero-order valence-corrected chi connectivity index (χ0v) is 6.80. The average molecular weight is 186 g/mol. The minimum atomic E-state index is 0.649. The van der Waals surface area contributed by atoms with Crippen LogP contribution < -0.4 is 4.74 Å². The Balaban J connectivity index is 2.14. The first-order valence-corrected chi connectivity index (χ1v) is 4.22. The van der Waals surface area contributed by atoms with Crippen LogP contribution in [0, 0.1) is 0 Å². The highest BCUT2D eigenvalue weighted by molar-refractivity contribution is 7.08. The van der Waals surface area contributed by atoms with Crippen molar-refractivity contribution in [1.82, 2.24) is 19.2 Å². The molecule has 56 valence electrons. The van der Waals surface area contributed by atoms with E-state index < -0.39 is 0 Å². The quantitative estimate of drug-likeness (QED) is 0.704. The van der Waals surface area contributed by atoms with Gasteiger partial charge in [-0.25, -0.2) is 0 Å². The summed E-state index contributed by atoms with van der Waals surface area (Å²) in [5, 5.41) is 8.52. The number of aromatic nitrogens is 4. The topological polar surface area (TPSA) is 60.8 Å². The fourth-order valence-electron chi connectivity index (χ4n) is 0.505.